The van der Waals surface area contributed by atoms with E-state index in [2.05, 4.69) is 24.1 Å². The molecule has 1 atom stereocenters. The largest absolute Gasteiger partial charge is 0.508 e. The van der Waals surface area contributed by atoms with Gasteiger partial charge in [0.15, 0.2) is 11.5 Å². The fourth-order valence-corrected chi connectivity index (χ4v) is 3.31. The highest BCUT2D eigenvalue weighted by atomic mass is 16.5. The lowest BCUT2D eigenvalue weighted by Gasteiger charge is -2.35. The summed E-state index contributed by atoms with van der Waals surface area (Å²) in [6.07, 6.45) is 1.76. The second-order valence-corrected chi connectivity index (χ2v) is 5.99. The number of ether oxygens (including phenoxy) is 2. The zero-order valence-corrected chi connectivity index (χ0v) is 13.9. The third-order valence-corrected chi connectivity index (χ3v) is 4.68. The van der Waals surface area contributed by atoms with Gasteiger partial charge in [-0.3, -0.25) is 4.90 Å². The van der Waals surface area contributed by atoms with Crippen LogP contribution in [0, 0.1) is 0 Å². The van der Waals surface area contributed by atoms with Crippen molar-refractivity contribution in [1.82, 2.24) is 4.90 Å². The van der Waals surface area contributed by atoms with Crippen molar-refractivity contribution in [3.05, 3.63) is 53.1 Å². The predicted octanol–water partition coefficient (Wildman–Crippen LogP) is 3.18. The van der Waals surface area contributed by atoms with Crippen LogP contribution in [0.4, 0.5) is 0 Å². The van der Waals surface area contributed by atoms with E-state index in [1.165, 1.54) is 11.1 Å². The van der Waals surface area contributed by atoms with Gasteiger partial charge in [-0.15, -0.1) is 0 Å². The van der Waals surface area contributed by atoms with Crippen molar-refractivity contribution in [3.8, 4) is 17.2 Å². The lowest BCUT2D eigenvalue weighted by molar-refractivity contribution is 0.226. The molecule has 0 bridgehead atoms. The minimum atomic E-state index is 0.215. The summed E-state index contributed by atoms with van der Waals surface area (Å²) in [6, 6.07) is 11.9. The number of rotatable bonds is 4. The zero-order valence-electron chi connectivity index (χ0n) is 13.9. The van der Waals surface area contributed by atoms with Gasteiger partial charge in [-0.05, 0) is 54.8 Å². The van der Waals surface area contributed by atoms with Crippen LogP contribution in [0.25, 0.3) is 0 Å². The fraction of sp³-hybridized carbons (Fsp3) is 0.368. The molecule has 0 saturated carbocycles. The van der Waals surface area contributed by atoms with Crippen LogP contribution in [-0.2, 0) is 12.8 Å². The summed E-state index contributed by atoms with van der Waals surface area (Å²) in [6.45, 7) is 0.987. The van der Waals surface area contributed by atoms with E-state index >= 15 is 0 Å². The Balaban J connectivity index is 2.00. The van der Waals surface area contributed by atoms with Crippen LogP contribution in [0.1, 0.15) is 22.7 Å². The summed E-state index contributed by atoms with van der Waals surface area (Å²) >= 11 is 0. The monoisotopic (exact) mass is 313 g/mol. The van der Waals surface area contributed by atoms with E-state index in [0.717, 1.165) is 36.4 Å². The predicted molar refractivity (Wildman–Crippen MR) is 90.4 cm³/mol. The number of benzene rings is 2. The molecule has 1 heterocycles. The molecule has 1 N–H and O–H groups in total. The number of phenols is 1. The minimum absolute atomic E-state index is 0.215. The van der Waals surface area contributed by atoms with Crippen molar-refractivity contribution < 1.29 is 14.6 Å². The molecule has 4 heteroatoms. The molecule has 0 aliphatic carbocycles. The molecule has 2 aromatic rings. The van der Waals surface area contributed by atoms with Crippen molar-refractivity contribution in [3.63, 3.8) is 0 Å². The van der Waals surface area contributed by atoms with Crippen LogP contribution < -0.4 is 9.47 Å². The Bertz CT molecular complexity index is 699. The molecule has 1 aliphatic heterocycles. The Morgan fingerprint density at radius 2 is 1.83 bits per heavy atom. The van der Waals surface area contributed by atoms with Gasteiger partial charge in [0.2, 0.25) is 0 Å². The van der Waals surface area contributed by atoms with Crippen molar-refractivity contribution in [2.24, 2.45) is 0 Å². The molecule has 122 valence electrons. The molecule has 0 aromatic heterocycles. The van der Waals surface area contributed by atoms with Gasteiger partial charge in [0.25, 0.3) is 0 Å². The number of nitrogens with zero attached hydrogens (tertiary/aromatic N) is 1. The number of likely N-dealkylation sites (N-methyl/N-ethyl adjacent to an activating group) is 1. The highest BCUT2D eigenvalue weighted by Gasteiger charge is 2.27. The topological polar surface area (TPSA) is 41.9 Å². The molecule has 0 radical (unpaired) electrons. The van der Waals surface area contributed by atoms with Gasteiger partial charge in [-0.2, -0.15) is 0 Å². The van der Waals surface area contributed by atoms with E-state index in [-0.39, 0.29) is 6.04 Å². The molecule has 1 unspecified atom stereocenters. The molecular weight excluding hydrogens is 290 g/mol. The van der Waals surface area contributed by atoms with Crippen LogP contribution in [0.2, 0.25) is 0 Å². The number of hydrogen-bond acceptors (Lipinski definition) is 4. The number of phenolic OH excluding ortho intramolecular Hbond substituents is 1. The van der Waals surface area contributed by atoms with E-state index in [0.29, 0.717) is 5.75 Å². The summed E-state index contributed by atoms with van der Waals surface area (Å²) in [5.74, 6) is 1.88. The summed E-state index contributed by atoms with van der Waals surface area (Å²) in [7, 11) is 5.46. The first-order valence-corrected chi connectivity index (χ1v) is 7.86. The van der Waals surface area contributed by atoms with Gasteiger partial charge in [-0.1, -0.05) is 18.2 Å². The van der Waals surface area contributed by atoms with Gasteiger partial charge in [0, 0.05) is 12.6 Å². The maximum atomic E-state index is 10.1. The van der Waals surface area contributed by atoms with E-state index in [1.807, 2.05) is 18.2 Å². The average molecular weight is 313 g/mol. The Morgan fingerprint density at radius 3 is 2.52 bits per heavy atom. The first-order chi connectivity index (χ1) is 11.1. The van der Waals surface area contributed by atoms with E-state index < -0.39 is 0 Å². The Morgan fingerprint density at radius 1 is 1.13 bits per heavy atom. The van der Waals surface area contributed by atoms with Crippen molar-refractivity contribution in [1.29, 1.82) is 0 Å². The Labute approximate surface area is 137 Å². The Hall–Kier alpha value is -2.20. The maximum absolute atomic E-state index is 10.1. The SMILES string of the molecule is COc1cc2c(cc1OC)C(Cc1ccccc1O)N(C)CC2. The zero-order chi connectivity index (χ0) is 16.4. The van der Waals surface area contributed by atoms with Crippen LogP contribution in [0.3, 0.4) is 0 Å². The number of hydrogen-bond donors (Lipinski definition) is 1. The van der Waals surface area contributed by atoms with Crippen LogP contribution in [-0.4, -0.2) is 37.8 Å². The quantitative estimate of drug-likeness (QED) is 0.941. The molecule has 2 aromatic carbocycles. The molecular formula is C19H23NO3. The molecule has 4 nitrogen and oxygen atoms in total. The van der Waals surface area contributed by atoms with Crippen molar-refractivity contribution >= 4 is 0 Å². The maximum Gasteiger partial charge on any atom is 0.161 e. The normalized spacial score (nSPS) is 17.6. The lowest BCUT2D eigenvalue weighted by atomic mass is 9.88. The number of para-hydroxylation sites is 1. The number of fused-ring (bicyclic) bond motifs is 1. The molecule has 0 fully saturated rings. The summed E-state index contributed by atoms with van der Waals surface area (Å²) in [4.78, 5) is 2.33. The third-order valence-electron chi connectivity index (χ3n) is 4.68. The van der Waals surface area contributed by atoms with Gasteiger partial charge >= 0.3 is 0 Å². The molecule has 3 rings (SSSR count). The van der Waals surface area contributed by atoms with Crippen molar-refractivity contribution in [2.45, 2.75) is 18.9 Å². The summed E-state index contributed by atoms with van der Waals surface area (Å²) in [5.41, 5.74) is 3.51. The lowest BCUT2D eigenvalue weighted by Crippen LogP contribution is -2.33. The summed E-state index contributed by atoms with van der Waals surface area (Å²) in [5, 5.41) is 10.1. The third kappa shape index (κ3) is 2.99. The summed E-state index contributed by atoms with van der Waals surface area (Å²) < 4.78 is 10.9. The van der Waals surface area contributed by atoms with Crippen LogP contribution in [0.15, 0.2) is 36.4 Å². The highest BCUT2D eigenvalue weighted by Crippen LogP contribution is 2.39. The van der Waals surface area contributed by atoms with Crippen LogP contribution >= 0.6 is 0 Å². The minimum Gasteiger partial charge on any atom is -0.508 e. The molecule has 23 heavy (non-hydrogen) atoms. The first-order valence-electron chi connectivity index (χ1n) is 7.86. The van der Waals surface area contributed by atoms with Crippen LogP contribution in [0.5, 0.6) is 17.2 Å². The van der Waals surface area contributed by atoms with E-state index in [4.69, 9.17) is 9.47 Å². The molecule has 1 aliphatic rings. The van der Waals surface area contributed by atoms with E-state index in [9.17, 15) is 5.11 Å². The number of aromatic hydroxyl groups is 1. The standard InChI is InChI=1S/C19H23NO3/c1-20-9-8-13-11-18(22-2)19(23-3)12-15(13)16(20)10-14-6-4-5-7-17(14)21/h4-7,11-12,16,21H,8-10H2,1-3H3. The van der Waals surface area contributed by atoms with Gasteiger partial charge < -0.3 is 14.6 Å². The fourth-order valence-electron chi connectivity index (χ4n) is 3.31. The Kier molecular flexibility index (Phi) is 4.44. The number of methoxy groups -OCH3 is 2. The molecule has 0 spiro atoms. The first kappa shape index (κ1) is 15.7. The average Bonchev–Trinajstić information content (AvgIpc) is 2.58. The van der Waals surface area contributed by atoms with Gasteiger partial charge in [0.05, 0.1) is 14.2 Å². The van der Waals surface area contributed by atoms with Crippen molar-refractivity contribution in [2.75, 3.05) is 27.8 Å². The highest BCUT2D eigenvalue weighted by molar-refractivity contribution is 5.50. The second kappa shape index (κ2) is 6.50. The smallest absolute Gasteiger partial charge is 0.161 e. The molecule has 0 saturated heterocycles. The van der Waals surface area contributed by atoms with E-state index in [1.54, 1.807) is 20.3 Å². The molecule has 0 amide bonds. The second-order valence-electron chi connectivity index (χ2n) is 5.99. The van der Waals surface area contributed by atoms with Gasteiger partial charge in [-0.25, -0.2) is 0 Å². The van der Waals surface area contributed by atoms with Gasteiger partial charge in [0.1, 0.15) is 5.75 Å².